The largest absolute Gasteiger partial charge is 0.495 e. The lowest BCUT2D eigenvalue weighted by molar-refractivity contribution is 0.0924. The van der Waals surface area contributed by atoms with Crippen molar-refractivity contribution in [2.45, 2.75) is 4.90 Å². The molecule has 7 nitrogen and oxygen atoms in total. The zero-order valence-corrected chi connectivity index (χ0v) is 18.5. The van der Waals surface area contributed by atoms with E-state index in [4.69, 9.17) is 16.3 Å². The maximum atomic E-state index is 15.0. The van der Waals surface area contributed by atoms with Gasteiger partial charge in [0, 0.05) is 22.7 Å². The summed E-state index contributed by atoms with van der Waals surface area (Å²) in [7, 11) is -3.12. The normalized spacial score (nSPS) is 13.6. The standard InChI is InChI=1S/C23H14ClFN2O5S/c1-32-20-11-17(25)19(27-22(28)15-4-2-3-5-16(15)23(27)29)12-21(20)33(30,31)26-9-8-13-10-14(24)6-7-18(13)26/h2-12H,1H3. The number of hydrogen-bond donors (Lipinski definition) is 0. The molecular formula is C23H14ClFN2O5S. The predicted octanol–water partition coefficient (Wildman–Crippen LogP) is 4.48. The van der Waals surface area contributed by atoms with Gasteiger partial charge in [-0.1, -0.05) is 23.7 Å². The van der Waals surface area contributed by atoms with Crippen LogP contribution in [0.5, 0.6) is 5.75 Å². The van der Waals surface area contributed by atoms with Crippen molar-refractivity contribution in [1.29, 1.82) is 0 Å². The molecule has 0 atom stereocenters. The van der Waals surface area contributed by atoms with Crippen molar-refractivity contribution in [3.63, 3.8) is 0 Å². The third-order valence-corrected chi connectivity index (χ3v) is 7.37. The van der Waals surface area contributed by atoms with E-state index in [0.717, 1.165) is 16.1 Å². The van der Waals surface area contributed by atoms with E-state index in [9.17, 15) is 18.0 Å². The van der Waals surface area contributed by atoms with Crippen LogP contribution in [0.2, 0.25) is 5.02 Å². The van der Waals surface area contributed by atoms with Gasteiger partial charge in [-0.05, 0) is 42.5 Å². The first kappa shape index (κ1) is 21.2. The highest BCUT2D eigenvalue weighted by Gasteiger charge is 2.39. The lowest BCUT2D eigenvalue weighted by atomic mass is 10.1. The molecule has 4 aromatic rings. The molecule has 0 spiro atoms. The Labute approximate surface area is 192 Å². The van der Waals surface area contributed by atoms with E-state index in [2.05, 4.69) is 0 Å². The number of carbonyl (C=O) groups is 2. The Morgan fingerprint density at radius 3 is 2.24 bits per heavy atom. The number of carbonyl (C=O) groups excluding carboxylic acids is 2. The van der Waals surface area contributed by atoms with E-state index in [1.165, 1.54) is 31.5 Å². The van der Waals surface area contributed by atoms with Crippen LogP contribution in [-0.4, -0.2) is 31.3 Å². The molecule has 166 valence electrons. The topological polar surface area (TPSA) is 85.7 Å². The van der Waals surface area contributed by atoms with Gasteiger partial charge in [0.2, 0.25) is 0 Å². The van der Waals surface area contributed by atoms with E-state index in [1.807, 2.05) is 0 Å². The van der Waals surface area contributed by atoms with Crippen molar-refractivity contribution in [1.82, 2.24) is 3.97 Å². The van der Waals surface area contributed by atoms with Crippen LogP contribution in [0.1, 0.15) is 20.7 Å². The number of rotatable bonds is 4. The number of hydrogen-bond acceptors (Lipinski definition) is 5. The van der Waals surface area contributed by atoms with Crippen molar-refractivity contribution in [2.24, 2.45) is 0 Å². The molecular weight excluding hydrogens is 471 g/mol. The van der Waals surface area contributed by atoms with Crippen molar-refractivity contribution in [3.8, 4) is 5.75 Å². The highest BCUT2D eigenvalue weighted by atomic mass is 35.5. The molecule has 5 rings (SSSR count). The summed E-state index contributed by atoms with van der Waals surface area (Å²) in [4.78, 5) is 25.9. The highest BCUT2D eigenvalue weighted by molar-refractivity contribution is 7.90. The number of benzene rings is 3. The van der Waals surface area contributed by atoms with Crippen LogP contribution in [0.4, 0.5) is 10.1 Å². The number of nitrogens with zero attached hydrogens (tertiary/aromatic N) is 2. The van der Waals surface area contributed by atoms with Crippen LogP contribution in [0, 0.1) is 5.82 Å². The van der Waals surface area contributed by atoms with E-state index >= 15 is 4.39 Å². The second kappa shape index (κ2) is 7.43. The first-order valence-corrected chi connectivity index (χ1v) is 11.4. The molecule has 33 heavy (non-hydrogen) atoms. The number of aromatic nitrogens is 1. The third-order valence-electron chi connectivity index (χ3n) is 5.42. The molecule has 0 radical (unpaired) electrons. The minimum absolute atomic E-state index is 0.107. The Kier molecular flexibility index (Phi) is 4.77. The maximum absolute atomic E-state index is 15.0. The van der Waals surface area contributed by atoms with Crippen molar-refractivity contribution >= 4 is 50.0 Å². The lowest BCUT2D eigenvalue weighted by Gasteiger charge is -2.18. The van der Waals surface area contributed by atoms with Crippen LogP contribution >= 0.6 is 11.6 Å². The Hall–Kier alpha value is -3.69. The van der Waals surface area contributed by atoms with E-state index in [-0.39, 0.29) is 16.9 Å². The number of halogens is 2. The molecule has 1 aliphatic rings. The van der Waals surface area contributed by atoms with Gasteiger partial charge in [0.25, 0.3) is 21.8 Å². The van der Waals surface area contributed by atoms with Gasteiger partial charge in [0.1, 0.15) is 10.6 Å². The van der Waals surface area contributed by atoms with Gasteiger partial charge in [-0.15, -0.1) is 0 Å². The number of ether oxygens (including phenoxy) is 1. The smallest absolute Gasteiger partial charge is 0.271 e. The monoisotopic (exact) mass is 484 g/mol. The average molecular weight is 485 g/mol. The van der Waals surface area contributed by atoms with Crippen LogP contribution in [0.3, 0.4) is 0 Å². The number of imide groups is 1. The molecule has 2 heterocycles. The molecule has 0 N–H and O–H groups in total. The second-order valence-corrected chi connectivity index (χ2v) is 9.49. The summed E-state index contributed by atoms with van der Waals surface area (Å²) in [5, 5.41) is 1.01. The van der Waals surface area contributed by atoms with Crippen molar-refractivity contribution < 1.29 is 27.1 Å². The Morgan fingerprint density at radius 1 is 0.939 bits per heavy atom. The number of anilines is 1. The van der Waals surface area contributed by atoms with E-state index in [1.54, 1.807) is 30.3 Å². The van der Waals surface area contributed by atoms with Gasteiger partial charge in [-0.25, -0.2) is 21.7 Å². The average Bonchev–Trinajstić information content (AvgIpc) is 3.33. The minimum atomic E-state index is -4.32. The van der Waals surface area contributed by atoms with Gasteiger partial charge in [0.15, 0.2) is 5.82 Å². The summed E-state index contributed by atoms with van der Waals surface area (Å²) in [5.74, 6) is -2.75. The molecule has 0 saturated heterocycles. The van der Waals surface area contributed by atoms with Gasteiger partial charge in [-0.2, -0.15) is 0 Å². The molecule has 2 amide bonds. The van der Waals surface area contributed by atoms with Gasteiger partial charge < -0.3 is 4.74 Å². The Morgan fingerprint density at radius 2 is 1.61 bits per heavy atom. The predicted molar refractivity (Wildman–Crippen MR) is 120 cm³/mol. The molecule has 0 aliphatic carbocycles. The number of fused-ring (bicyclic) bond motifs is 2. The minimum Gasteiger partial charge on any atom is -0.495 e. The van der Waals surface area contributed by atoms with E-state index in [0.29, 0.717) is 20.8 Å². The Balaban J connectivity index is 1.70. The quantitative estimate of drug-likeness (QED) is 0.399. The molecule has 10 heteroatoms. The highest BCUT2D eigenvalue weighted by Crippen LogP contribution is 2.37. The summed E-state index contributed by atoms with van der Waals surface area (Å²) >= 11 is 5.99. The molecule has 0 unspecified atom stereocenters. The number of amides is 2. The lowest BCUT2D eigenvalue weighted by Crippen LogP contribution is -2.30. The molecule has 0 bridgehead atoms. The summed E-state index contributed by atoms with van der Waals surface area (Å²) in [6, 6.07) is 14.1. The first-order chi connectivity index (χ1) is 15.7. The van der Waals surface area contributed by atoms with E-state index < -0.39 is 38.2 Å². The van der Waals surface area contributed by atoms with Crippen molar-refractivity contribution in [3.05, 3.63) is 88.8 Å². The summed E-state index contributed by atoms with van der Waals surface area (Å²) in [6.07, 6.45) is 1.33. The molecule has 1 aliphatic heterocycles. The van der Waals surface area contributed by atoms with Crippen LogP contribution in [0.15, 0.2) is 71.8 Å². The van der Waals surface area contributed by atoms with Gasteiger partial charge >= 0.3 is 0 Å². The van der Waals surface area contributed by atoms with Gasteiger partial charge in [0.05, 0.1) is 29.4 Å². The van der Waals surface area contributed by atoms with Crippen LogP contribution in [0.25, 0.3) is 10.9 Å². The summed E-state index contributed by atoms with van der Waals surface area (Å²) < 4.78 is 48.3. The van der Waals surface area contributed by atoms with Crippen LogP contribution < -0.4 is 9.64 Å². The Bertz CT molecular complexity index is 1560. The fraction of sp³-hybridized carbons (Fsp3) is 0.0435. The summed E-state index contributed by atoms with van der Waals surface area (Å²) in [6.45, 7) is 0. The summed E-state index contributed by atoms with van der Waals surface area (Å²) in [5.41, 5.74) is 0.0685. The maximum Gasteiger partial charge on any atom is 0.271 e. The zero-order chi connectivity index (χ0) is 23.5. The van der Waals surface area contributed by atoms with Crippen molar-refractivity contribution in [2.75, 3.05) is 12.0 Å². The molecule has 0 saturated carbocycles. The van der Waals surface area contributed by atoms with Crippen LogP contribution in [-0.2, 0) is 10.0 Å². The molecule has 0 fully saturated rings. The fourth-order valence-corrected chi connectivity index (χ4v) is 5.56. The molecule has 1 aromatic heterocycles. The first-order valence-electron chi connectivity index (χ1n) is 9.61. The second-order valence-electron chi connectivity index (χ2n) is 7.27. The third kappa shape index (κ3) is 3.12. The van der Waals surface area contributed by atoms with Gasteiger partial charge in [-0.3, -0.25) is 9.59 Å². The number of methoxy groups -OCH3 is 1. The SMILES string of the molecule is COc1cc(F)c(N2C(=O)c3ccccc3C2=O)cc1S(=O)(=O)n1ccc2cc(Cl)ccc21. The zero-order valence-electron chi connectivity index (χ0n) is 17.0. The fourth-order valence-electron chi connectivity index (χ4n) is 3.87. The molecule has 3 aromatic carbocycles.